The van der Waals surface area contributed by atoms with E-state index < -0.39 is 0 Å². The summed E-state index contributed by atoms with van der Waals surface area (Å²) in [5.74, 6) is 3.29. The number of carbonyl (C=O) groups excluding carboxylic acids is 1. The van der Waals surface area contributed by atoms with Crippen LogP contribution in [0, 0.1) is 34.5 Å². The lowest BCUT2D eigenvalue weighted by Gasteiger charge is -2.59. The van der Waals surface area contributed by atoms with Gasteiger partial charge in [0.05, 0.1) is 5.69 Å². The molecule has 4 saturated carbocycles. The molecule has 1 aromatic heterocycles. The fraction of sp³-hybridized carbons (Fsp3) is 0.667. The number of fused-ring (bicyclic) bond motifs is 1. The van der Waals surface area contributed by atoms with Gasteiger partial charge in [0.1, 0.15) is 0 Å². The van der Waals surface area contributed by atoms with Gasteiger partial charge >= 0.3 is 0 Å². The fourth-order valence-electron chi connectivity index (χ4n) is 8.45. The molecule has 1 heterocycles. The van der Waals surface area contributed by atoms with Gasteiger partial charge in [-0.1, -0.05) is 39.0 Å². The van der Waals surface area contributed by atoms with E-state index in [2.05, 4.69) is 62.0 Å². The summed E-state index contributed by atoms with van der Waals surface area (Å²) in [5.41, 5.74) is 4.68. The van der Waals surface area contributed by atoms with Gasteiger partial charge in [0, 0.05) is 17.3 Å². The molecule has 0 spiro atoms. The summed E-state index contributed by atoms with van der Waals surface area (Å²) < 4.78 is 2.05. The molecule has 7 rings (SSSR count). The molecule has 0 saturated heterocycles. The highest BCUT2D eigenvalue weighted by atomic mass is 16.2. The van der Waals surface area contributed by atoms with Gasteiger partial charge in [0.15, 0.2) is 5.69 Å². The maximum atomic E-state index is 13.8. The zero-order chi connectivity index (χ0) is 23.7. The molecule has 182 valence electrons. The first-order valence-corrected chi connectivity index (χ1v) is 13.7. The largest absolute Gasteiger partial charge is 0.348 e. The summed E-state index contributed by atoms with van der Waals surface area (Å²) in [7, 11) is 0. The Kier molecular flexibility index (Phi) is 5.24. The summed E-state index contributed by atoms with van der Waals surface area (Å²) in [5, 5.41) is 8.49. The van der Waals surface area contributed by atoms with Crippen molar-refractivity contribution in [3.05, 3.63) is 47.3 Å². The molecular formula is C30H41N3O. The Bertz CT molecular complexity index is 1040. The van der Waals surface area contributed by atoms with Crippen LogP contribution in [0.15, 0.2) is 30.3 Å². The van der Waals surface area contributed by atoms with Crippen LogP contribution in [-0.2, 0) is 12.8 Å². The number of hydrogen-bond donors (Lipinski definition) is 1. The number of para-hydroxylation sites is 1. The van der Waals surface area contributed by atoms with Crippen molar-refractivity contribution >= 4 is 5.91 Å². The van der Waals surface area contributed by atoms with Gasteiger partial charge in [-0.2, -0.15) is 5.10 Å². The minimum atomic E-state index is 0.0451. The first-order valence-electron chi connectivity index (χ1n) is 13.7. The molecule has 1 N–H and O–H groups in total. The summed E-state index contributed by atoms with van der Waals surface area (Å²) in [4.78, 5) is 13.8. The lowest BCUT2D eigenvalue weighted by molar-refractivity contribution is -0.0688. The molecule has 5 aliphatic carbocycles. The number of amides is 1. The maximum Gasteiger partial charge on any atom is 0.272 e. The molecule has 4 nitrogen and oxygen atoms in total. The van der Waals surface area contributed by atoms with E-state index >= 15 is 0 Å². The summed E-state index contributed by atoms with van der Waals surface area (Å²) in [6.07, 6.45) is 11.3. The third kappa shape index (κ3) is 3.72. The molecular weight excluding hydrogens is 418 g/mol. The van der Waals surface area contributed by atoms with E-state index in [9.17, 15) is 4.79 Å². The van der Waals surface area contributed by atoms with Crippen LogP contribution in [0.2, 0.25) is 0 Å². The second-order valence-corrected chi connectivity index (χ2v) is 13.3. The number of hydrogen-bond acceptors (Lipinski definition) is 2. The van der Waals surface area contributed by atoms with Crippen LogP contribution in [0.5, 0.6) is 0 Å². The monoisotopic (exact) mass is 459 g/mol. The minimum absolute atomic E-state index is 0.0451. The molecule has 2 atom stereocenters. The predicted molar refractivity (Wildman–Crippen MR) is 136 cm³/mol. The van der Waals surface area contributed by atoms with Gasteiger partial charge in [0.25, 0.3) is 5.91 Å². The van der Waals surface area contributed by atoms with E-state index in [1.807, 2.05) is 6.07 Å². The van der Waals surface area contributed by atoms with Crippen molar-refractivity contribution in [3.63, 3.8) is 0 Å². The average Bonchev–Trinajstić information content (AvgIpc) is 3.17. The van der Waals surface area contributed by atoms with Crippen molar-refractivity contribution in [2.75, 3.05) is 0 Å². The fourth-order valence-corrected chi connectivity index (χ4v) is 8.45. The SMILES string of the molecule is CC(NC(=O)c1nn(-c2ccccc2)c2c1CC(C(C)(C)C)CC2)C12CC3CC(CC(C3)C1)C2. The maximum absolute atomic E-state index is 13.8. The van der Waals surface area contributed by atoms with Gasteiger partial charge < -0.3 is 5.32 Å². The molecule has 4 bridgehead atoms. The number of carbonyl (C=O) groups is 1. The standard InChI is InChI=1S/C30H41N3O/c1-19(30-16-20-12-21(17-30)14-22(13-20)18-30)31-28(34)27-25-15-23(29(2,3)4)10-11-26(25)33(32-27)24-8-6-5-7-9-24/h5-9,19-23H,10-18H2,1-4H3,(H,31,34). The number of benzene rings is 1. The summed E-state index contributed by atoms with van der Waals surface area (Å²) in [6, 6.07) is 10.6. The molecule has 0 radical (unpaired) electrons. The zero-order valence-corrected chi connectivity index (χ0v) is 21.4. The highest BCUT2D eigenvalue weighted by Gasteiger charge is 2.53. The van der Waals surface area contributed by atoms with Crippen molar-refractivity contribution in [2.24, 2.45) is 34.5 Å². The summed E-state index contributed by atoms with van der Waals surface area (Å²) in [6.45, 7) is 9.28. The van der Waals surface area contributed by atoms with Crippen molar-refractivity contribution in [2.45, 2.75) is 91.5 Å². The number of rotatable bonds is 4. The predicted octanol–water partition coefficient (Wildman–Crippen LogP) is 6.36. The van der Waals surface area contributed by atoms with E-state index in [0.29, 0.717) is 17.0 Å². The van der Waals surface area contributed by atoms with Crippen molar-refractivity contribution in [1.29, 1.82) is 0 Å². The van der Waals surface area contributed by atoms with Gasteiger partial charge in [0.2, 0.25) is 0 Å². The second kappa shape index (κ2) is 7.96. The Labute approximate surface area is 204 Å². The summed E-state index contributed by atoms with van der Waals surface area (Å²) >= 11 is 0. The topological polar surface area (TPSA) is 46.9 Å². The average molecular weight is 460 g/mol. The van der Waals surface area contributed by atoms with E-state index in [-0.39, 0.29) is 17.4 Å². The highest BCUT2D eigenvalue weighted by molar-refractivity contribution is 5.94. The van der Waals surface area contributed by atoms with E-state index in [0.717, 1.165) is 42.7 Å². The van der Waals surface area contributed by atoms with Crippen LogP contribution in [0.1, 0.15) is 94.4 Å². The van der Waals surface area contributed by atoms with Crippen LogP contribution >= 0.6 is 0 Å². The Balaban J connectivity index is 1.31. The normalized spacial score (nSPS) is 32.9. The third-order valence-corrected chi connectivity index (χ3v) is 10.1. The molecule has 4 fully saturated rings. The molecule has 0 aliphatic heterocycles. The Morgan fingerprint density at radius 3 is 2.26 bits per heavy atom. The number of nitrogens with one attached hydrogen (secondary N) is 1. The second-order valence-electron chi connectivity index (χ2n) is 13.3. The van der Waals surface area contributed by atoms with Gasteiger partial charge in [-0.15, -0.1) is 0 Å². The molecule has 2 unspecified atom stereocenters. The van der Waals surface area contributed by atoms with E-state index in [1.165, 1.54) is 49.8 Å². The smallest absolute Gasteiger partial charge is 0.272 e. The van der Waals surface area contributed by atoms with Crippen molar-refractivity contribution < 1.29 is 4.79 Å². The molecule has 34 heavy (non-hydrogen) atoms. The Hall–Kier alpha value is -2.10. The van der Waals surface area contributed by atoms with Gasteiger partial charge in [-0.05, 0) is 111 Å². The third-order valence-electron chi connectivity index (χ3n) is 10.1. The van der Waals surface area contributed by atoms with Crippen molar-refractivity contribution in [3.8, 4) is 5.69 Å². The van der Waals surface area contributed by atoms with E-state index in [4.69, 9.17) is 5.10 Å². The number of aromatic nitrogens is 2. The van der Waals surface area contributed by atoms with Gasteiger partial charge in [-0.25, -0.2) is 4.68 Å². The Morgan fingerprint density at radius 2 is 1.68 bits per heavy atom. The molecule has 1 amide bonds. The highest BCUT2D eigenvalue weighted by Crippen LogP contribution is 2.61. The minimum Gasteiger partial charge on any atom is -0.348 e. The first kappa shape index (κ1) is 22.4. The molecule has 5 aliphatic rings. The van der Waals surface area contributed by atoms with Crippen LogP contribution in [0.25, 0.3) is 5.69 Å². The zero-order valence-electron chi connectivity index (χ0n) is 21.4. The lowest BCUT2D eigenvalue weighted by Crippen LogP contribution is -2.55. The molecule has 1 aromatic carbocycles. The van der Waals surface area contributed by atoms with Crippen LogP contribution in [0.3, 0.4) is 0 Å². The molecule has 2 aromatic rings. The number of nitrogens with zero attached hydrogens (tertiary/aromatic N) is 2. The van der Waals surface area contributed by atoms with Crippen LogP contribution in [0.4, 0.5) is 0 Å². The van der Waals surface area contributed by atoms with Gasteiger partial charge in [-0.3, -0.25) is 4.79 Å². The Morgan fingerprint density at radius 1 is 1.06 bits per heavy atom. The lowest BCUT2D eigenvalue weighted by atomic mass is 9.48. The van der Waals surface area contributed by atoms with Crippen molar-refractivity contribution in [1.82, 2.24) is 15.1 Å². The van der Waals surface area contributed by atoms with E-state index in [1.54, 1.807) is 0 Å². The quantitative estimate of drug-likeness (QED) is 0.578. The molecule has 4 heteroatoms. The van der Waals surface area contributed by atoms with Crippen LogP contribution in [-0.4, -0.2) is 21.7 Å². The first-order chi connectivity index (χ1) is 16.2. The van der Waals surface area contributed by atoms with Crippen LogP contribution < -0.4 is 5.32 Å².